The Morgan fingerprint density at radius 3 is 2.46 bits per heavy atom. The van der Waals surface area contributed by atoms with Crippen molar-refractivity contribution < 1.29 is 14.5 Å². The maximum absolute atomic E-state index is 12.7. The first kappa shape index (κ1) is 24.0. The third-order valence-corrected chi connectivity index (χ3v) is 5.90. The largest absolute Gasteiger partial charge is 0.487 e. The van der Waals surface area contributed by atoms with Gasteiger partial charge in [0.05, 0.1) is 21.3 Å². The number of hydrogen-bond donors (Lipinski definition) is 1. The highest BCUT2D eigenvalue weighted by Gasteiger charge is 2.15. The molecule has 0 radical (unpaired) electrons. The number of amides is 1. The molecule has 1 amide bonds. The number of rotatable bonds is 8. The minimum Gasteiger partial charge on any atom is -0.487 e. The smallest absolute Gasteiger partial charge is 0.271 e. The first-order chi connectivity index (χ1) is 16.8. The molecule has 1 heterocycles. The number of aromatic nitrogens is 2. The zero-order valence-electron chi connectivity index (χ0n) is 19.2. The number of nitrogens with zero attached hydrogens (tertiary/aromatic N) is 3. The van der Waals surface area contributed by atoms with E-state index in [2.05, 4.69) is 10.4 Å². The molecule has 4 aromatic rings. The van der Waals surface area contributed by atoms with E-state index in [0.717, 1.165) is 28.2 Å². The van der Waals surface area contributed by atoms with Crippen LogP contribution in [0.3, 0.4) is 0 Å². The monoisotopic (exact) mass is 490 g/mol. The summed E-state index contributed by atoms with van der Waals surface area (Å²) in [5.41, 5.74) is 5.04. The minimum absolute atomic E-state index is 0.101. The van der Waals surface area contributed by atoms with E-state index in [1.165, 1.54) is 18.2 Å². The number of halogens is 1. The van der Waals surface area contributed by atoms with Crippen LogP contribution in [0.4, 0.5) is 5.69 Å². The van der Waals surface area contributed by atoms with E-state index in [4.69, 9.17) is 16.3 Å². The molecule has 0 aliphatic rings. The van der Waals surface area contributed by atoms with Crippen LogP contribution in [0.25, 0.3) is 5.69 Å². The van der Waals surface area contributed by atoms with Gasteiger partial charge in [-0.25, -0.2) is 4.68 Å². The molecule has 0 spiro atoms. The first-order valence-electron chi connectivity index (χ1n) is 10.9. The van der Waals surface area contributed by atoms with Gasteiger partial charge in [0.2, 0.25) is 0 Å². The lowest BCUT2D eigenvalue weighted by Crippen LogP contribution is -2.23. The molecule has 0 bridgehead atoms. The van der Waals surface area contributed by atoms with Crippen LogP contribution in [0.5, 0.6) is 5.75 Å². The molecule has 0 atom stereocenters. The van der Waals surface area contributed by atoms with Gasteiger partial charge in [0, 0.05) is 35.5 Å². The molecule has 4 rings (SSSR count). The summed E-state index contributed by atoms with van der Waals surface area (Å²) in [5.74, 6) is 0.156. The van der Waals surface area contributed by atoms with Crippen molar-refractivity contribution in [1.29, 1.82) is 0 Å². The SMILES string of the molecule is Cc1nn(-c2ccccc2)c(C)c1CNC(=O)c1ccc(COc2ccc([N+](=O)[O-])cc2Cl)cc1. The molecule has 9 heteroatoms. The number of carbonyl (C=O) groups is 1. The van der Waals surface area contributed by atoms with Crippen LogP contribution in [0.2, 0.25) is 5.02 Å². The van der Waals surface area contributed by atoms with Crippen molar-refractivity contribution in [3.63, 3.8) is 0 Å². The van der Waals surface area contributed by atoms with E-state index in [9.17, 15) is 14.9 Å². The maximum atomic E-state index is 12.7. The van der Waals surface area contributed by atoms with Crippen LogP contribution in [-0.4, -0.2) is 20.6 Å². The van der Waals surface area contributed by atoms with Gasteiger partial charge in [-0.3, -0.25) is 14.9 Å². The summed E-state index contributed by atoms with van der Waals surface area (Å²) in [4.78, 5) is 23.0. The lowest BCUT2D eigenvalue weighted by molar-refractivity contribution is -0.384. The topological polar surface area (TPSA) is 99.3 Å². The number of para-hydroxylation sites is 1. The van der Waals surface area contributed by atoms with Crippen LogP contribution in [-0.2, 0) is 13.2 Å². The molecule has 0 saturated carbocycles. The lowest BCUT2D eigenvalue weighted by atomic mass is 10.1. The van der Waals surface area contributed by atoms with Gasteiger partial charge in [0.15, 0.2) is 0 Å². The molecule has 35 heavy (non-hydrogen) atoms. The first-order valence-corrected chi connectivity index (χ1v) is 11.3. The Hall–Kier alpha value is -4.17. The van der Waals surface area contributed by atoms with E-state index in [1.807, 2.05) is 48.9 Å². The van der Waals surface area contributed by atoms with Gasteiger partial charge < -0.3 is 10.1 Å². The highest BCUT2D eigenvalue weighted by molar-refractivity contribution is 6.32. The summed E-state index contributed by atoms with van der Waals surface area (Å²) >= 11 is 6.06. The van der Waals surface area contributed by atoms with Crippen LogP contribution < -0.4 is 10.1 Å². The summed E-state index contributed by atoms with van der Waals surface area (Å²) in [7, 11) is 0. The van der Waals surface area contributed by atoms with Gasteiger partial charge >= 0.3 is 0 Å². The Kier molecular flexibility index (Phi) is 7.12. The van der Waals surface area contributed by atoms with E-state index < -0.39 is 4.92 Å². The fraction of sp³-hybridized carbons (Fsp3) is 0.154. The number of non-ortho nitro benzene ring substituents is 1. The number of nitro groups is 1. The fourth-order valence-corrected chi connectivity index (χ4v) is 3.89. The van der Waals surface area contributed by atoms with Gasteiger partial charge in [-0.2, -0.15) is 5.10 Å². The quantitative estimate of drug-likeness (QED) is 0.257. The number of nitro benzene ring substituents is 1. The van der Waals surface area contributed by atoms with Crippen molar-refractivity contribution in [1.82, 2.24) is 15.1 Å². The standard InChI is InChI=1S/C26H23ClN4O4/c1-17-23(18(2)30(29-17)21-6-4-3-5-7-21)15-28-26(32)20-10-8-19(9-11-20)16-35-25-13-12-22(31(33)34)14-24(25)27/h3-14H,15-16H2,1-2H3,(H,28,32). The summed E-state index contributed by atoms with van der Waals surface area (Å²) < 4.78 is 7.54. The van der Waals surface area contributed by atoms with Crippen molar-refractivity contribution in [3.8, 4) is 11.4 Å². The van der Waals surface area contributed by atoms with Gasteiger partial charge in [-0.15, -0.1) is 0 Å². The van der Waals surface area contributed by atoms with Crippen molar-refractivity contribution in [2.45, 2.75) is 27.0 Å². The Bertz CT molecular complexity index is 1370. The molecule has 178 valence electrons. The molecule has 0 aliphatic heterocycles. The third-order valence-electron chi connectivity index (χ3n) is 5.60. The second-order valence-electron chi connectivity index (χ2n) is 7.94. The molecular weight excluding hydrogens is 468 g/mol. The van der Waals surface area contributed by atoms with Crippen molar-refractivity contribution in [2.75, 3.05) is 0 Å². The average molecular weight is 491 g/mol. The predicted octanol–water partition coefficient (Wildman–Crippen LogP) is 5.56. The van der Waals surface area contributed by atoms with Crippen LogP contribution >= 0.6 is 11.6 Å². The van der Waals surface area contributed by atoms with Crippen molar-refractivity contribution >= 4 is 23.2 Å². The fourth-order valence-electron chi connectivity index (χ4n) is 3.66. The van der Waals surface area contributed by atoms with Crippen molar-refractivity contribution in [3.05, 3.63) is 116 Å². The molecule has 0 saturated heterocycles. The van der Waals surface area contributed by atoms with E-state index >= 15 is 0 Å². The Morgan fingerprint density at radius 2 is 1.80 bits per heavy atom. The molecule has 8 nitrogen and oxygen atoms in total. The zero-order valence-corrected chi connectivity index (χ0v) is 20.0. The maximum Gasteiger partial charge on any atom is 0.271 e. The van der Waals surface area contributed by atoms with E-state index in [-0.39, 0.29) is 23.2 Å². The normalized spacial score (nSPS) is 10.7. The Morgan fingerprint density at radius 1 is 1.09 bits per heavy atom. The second-order valence-corrected chi connectivity index (χ2v) is 8.34. The highest BCUT2D eigenvalue weighted by Crippen LogP contribution is 2.29. The molecule has 0 fully saturated rings. The predicted molar refractivity (Wildman–Crippen MR) is 133 cm³/mol. The average Bonchev–Trinajstić information content (AvgIpc) is 3.15. The summed E-state index contributed by atoms with van der Waals surface area (Å²) in [6.45, 7) is 4.49. The van der Waals surface area contributed by atoms with Crippen LogP contribution in [0, 0.1) is 24.0 Å². The third kappa shape index (κ3) is 5.50. The van der Waals surface area contributed by atoms with E-state index in [0.29, 0.717) is 17.9 Å². The van der Waals surface area contributed by atoms with Gasteiger partial charge in [0.25, 0.3) is 11.6 Å². The highest BCUT2D eigenvalue weighted by atomic mass is 35.5. The zero-order chi connectivity index (χ0) is 24.9. The van der Waals surface area contributed by atoms with Gasteiger partial charge in [-0.05, 0) is 49.7 Å². The minimum atomic E-state index is -0.516. The van der Waals surface area contributed by atoms with Crippen LogP contribution in [0.1, 0.15) is 32.9 Å². The number of carbonyl (C=O) groups excluding carboxylic acids is 1. The Balaban J connectivity index is 1.36. The van der Waals surface area contributed by atoms with Gasteiger partial charge in [0.1, 0.15) is 12.4 Å². The second kappa shape index (κ2) is 10.4. The number of ether oxygens (including phenoxy) is 1. The van der Waals surface area contributed by atoms with Gasteiger partial charge in [-0.1, -0.05) is 41.9 Å². The van der Waals surface area contributed by atoms with Crippen molar-refractivity contribution in [2.24, 2.45) is 0 Å². The molecule has 0 aliphatic carbocycles. The molecule has 3 aromatic carbocycles. The lowest BCUT2D eigenvalue weighted by Gasteiger charge is -2.09. The molecule has 0 unspecified atom stereocenters. The number of benzene rings is 3. The number of nitrogens with one attached hydrogen (secondary N) is 1. The summed E-state index contributed by atoms with van der Waals surface area (Å²) in [6, 6.07) is 20.9. The van der Waals surface area contributed by atoms with E-state index in [1.54, 1.807) is 24.3 Å². The molecular formula is C26H23ClN4O4. The van der Waals surface area contributed by atoms with Crippen LogP contribution in [0.15, 0.2) is 72.8 Å². The molecule has 1 N–H and O–H groups in total. The summed E-state index contributed by atoms with van der Waals surface area (Å²) in [5, 5.41) is 18.6. The molecule has 1 aromatic heterocycles. The summed E-state index contributed by atoms with van der Waals surface area (Å²) in [6.07, 6.45) is 0. The Labute approximate surface area is 207 Å². The number of aryl methyl sites for hydroxylation is 1. The number of hydrogen-bond acceptors (Lipinski definition) is 5.